The van der Waals surface area contributed by atoms with E-state index in [0.29, 0.717) is 29.0 Å². The first-order valence-corrected chi connectivity index (χ1v) is 12.8. The van der Waals surface area contributed by atoms with Crippen molar-refractivity contribution in [1.82, 2.24) is 14.5 Å². The minimum atomic E-state index is -0.342. The Kier molecular flexibility index (Phi) is 7.41. The molecule has 1 spiro atoms. The first kappa shape index (κ1) is 25.1. The number of benzene rings is 2. The molecule has 1 aromatic heterocycles. The lowest BCUT2D eigenvalue weighted by molar-refractivity contribution is -0.131. The second-order valence-corrected chi connectivity index (χ2v) is 9.64. The lowest BCUT2D eigenvalue weighted by Gasteiger charge is -2.47. The minimum absolute atomic E-state index is 0.0601. The molecule has 0 saturated carbocycles. The number of fused-ring (bicyclic) bond motifs is 3. The van der Waals surface area contributed by atoms with Crippen LogP contribution in [0.4, 0.5) is 0 Å². The van der Waals surface area contributed by atoms with Crippen molar-refractivity contribution in [3.05, 3.63) is 70.3 Å². The molecular formula is C29H37N3O3. The van der Waals surface area contributed by atoms with Crippen molar-refractivity contribution < 1.29 is 9.53 Å². The molecule has 1 saturated heterocycles. The summed E-state index contributed by atoms with van der Waals surface area (Å²) in [6, 6.07) is 14.0. The van der Waals surface area contributed by atoms with Crippen LogP contribution in [0.1, 0.15) is 57.6 Å². The number of carbonyl (C=O) groups excluding carboxylic acids is 1. The molecule has 5 rings (SSSR count). The molecule has 186 valence electrons. The molecule has 2 heterocycles. The lowest BCUT2D eigenvalue weighted by Crippen LogP contribution is -2.52. The molecule has 2 atom stereocenters. The largest absolute Gasteiger partial charge is 0.492 e. The number of likely N-dealkylation sites (tertiary alicyclic amines) is 1. The molecule has 0 amide bonds. The Morgan fingerprint density at radius 2 is 1.74 bits per heavy atom. The van der Waals surface area contributed by atoms with Crippen molar-refractivity contribution in [2.24, 2.45) is 13.0 Å². The average molecular weight is 476 g/mol. The summed E-state index contributed by atoms with van der Waals surface area (Å²) >= 11 is 0. The van der Waals surface area contributed by atoms with Crippen LogP contribution in [0.3, 0.4) is 0 Å². The standard InChI is InChI=1S/C27H31N3O3.C2H6/c1-18-19(2)25(31)27(23-7-5-4-6-21(18)23)10-12-30(13-11-27)14-15-33-20-8-9-24-22(16-20)26(32)29(3)17-28-24;1-2/h4-9,16-19H,10-15H2,1-3H3;1-2H3. The van der Waals surface area contributed by atoms with Crippen LogP contribution in [0, 0.1) is 5.92 Å². The Morgan fingerprint density at radius 3 is 2.49 bits per heavy atom. The molecule has 6 nitrogen and oxygen atoms in total. The third kappa shape index (κ3) is 4.52. The Bertz CT molecular complexity index is 1260. The number of piperidine rings is 1. The van der Waals surface area contributed by atoms with Gasteiger partial charge in [-0.05, 0) is 61.2 Å². The Morgan fingerprint density at radius 1 is 1.03 bits per heavy atom. The van der Waals surface area contributed by atoms with E-state index >= 15 is 0 Å². The third-order valence-electron chi connectivity index (χ3n) is 7.88. The second-order valence-electron chi connectivity index (χ2n) is 9.64. The normalized spacial score (nSPS) is 21.3. The molecule has 35 heavy (non-hydrogen) atoms. The van der Waals surface area contributed by atoms with E-state index in [1.807, 2.05) is 26.0 Å². The summed E-state index contributed by atoms with van der Waals surface area (Å²) in [5.74, 6) is 1.43. The summed E-state index contributed by atoms with van der Waals surface area (Å²) in [5, 5.41) is 0.565. The SMILES string of the molecule is CC.CC1C(=O)C2(CCN(CCOc3ccc4ncn(C)c(=O)c4c3)CC2)c2ccccc2C1C. The molecule has 3 aromatic rings. The van der Waals surface area contributed by atoms with Crippen molar-refractivity contribution in [3.8, 4) is 5.75 Å². The Balaban J connectivity index is 0.00000141. The fourth-order valence-electron chi connectivity index (χ4n) is 5.64. The lowest BCUT2D eigenvalue weighted by atomic mass is 9.58. The van der Waals surface area contributed by atoms with Crippen LogP contribution in [-0.2, 0) is 17.3 Å². The van der Waals surface area contributed by atoms with Gasteiger partial charge in [-0.1, -0.05) is 52.0 Å². The monoisotopic (exact) mass is 475 g/mol. The quantitative estimate of drug-likeness (QED) is 0.548. The van der Waals surface area contributed by atoms with Crippen molar-refractivity contribution >= 4 is 16.7 Å². The van der Waals surface area contributed by atoms with E-state index in [9.17, 15) is 9.59 Å². The zero-order valence-corrected chi connectivity index (χ0v) is 21.6. The summed E-state index contributed by atoms with van der Waals surface area (Å²) in [6.07, 6.45) is 3.25. The number of ketones is 1. The topological polar surface area (TPSA) is 64.4 Å². The van der Waals surface area contributed by atoms with Gasteiger partial charge in [-0.2, -0.15) is 0 Å². The van der Waals surface area contributed by atoms with E-state index in [2.05, 4.69) is 48.0 Å². The van der Waals surface area contributed by atoms with Crippen molar-refractivity contribution in [2.75, 3.05) is 26.2 Å². The van der Waals surface area contributed by atoms with E-state index < -0.39 is 0 Å². The van der Waals surface area contributed by atoms with Gasteiger partial charge in [-0.3, -0.25) is 14.5 Å². The van der Waals surface area contributed by atoms with Crippen LogP contribution < -0.4 is 10.3 Å². The maximum atomic E-state index is 13.5. The number of hydrogen-bond acceptors (Lipinski definition) is 5. The number of aromatic nitrogens is 2. The average Bonchev–Trinajstić information content (AvgIpc) is 2.91. The number of aryl methyl sites for hydroxylation is 1. The second kappa shape index (κ2) is 10.3. The first-order chi connectivity index (χ1) is 16.9. The highest BCUT2D eigenvalue weighted by atomic mass is 16.5. The highest BCUT2D eigenvalue weighted by Gasteiger charge is 2.50. The molecule has 0 N–H and O–H groups in total. The van der Waals surface area contributed by atoms with Gasteiger partial charge >= 0.3 is 0 Å². The van der Waals surface area contributed by atoms with E-state index in [-0.39, 0.29) is 22.8 Å². The summed E-state index contributed by atoms with van der Waals surface area (Å²) in [5.41, 5.74) is 2.85. The van der Waals surface area contributed by atoms with Gasteiger partial charge in [0.25, 0.3) is 5.56 Å². The van der Waals surface area contributed by atoms with Crippen LogP contribution in [0.2, 0.25) is 0 Å². The maximum Gasteiger partial charge on any atom is 0.261 e. The van der Waals surface area contributed by atoms with Gasteiger partial charge in [0, 0.05) is 19.5 Å². The fraction of sp³-hybridized carbons (Fsp3) is 0.483. The van der Waals surface area contributed by atoms with Gasteiger partial charge in [0.05, 0.1) is 22.6 Å². The molecular weight excluding hydrogens is 438 g/mol. The predicted octanol–water partition coefficient (Wildman–Crippen LogP) is 4.69. The van der Waals surface area contributed by atoms with Crippen LogP contribution in [-0.4, -0.2) is 46.5 Å². The van der Waals surface area contributed by atoms with Crippen LogP contribution in [0.15, 0.2) is 53.6 Å². The van der Waals surface area contributed by atoms with Crippen molar-refractivity contribution in [2.45, 2.75) is 51.9 Å². The smallest absolute Gasteiger partial charge is 0.261 e. The molecule has 1 aliphatic carbocycles. The molecule has 0 bridgehead atoms. The highest BCUT2D eigenvalue weighted by molar-refractivity contribution is 5.95. The van der Waals surface area contributed by atoms with Gasteiger partial charge in [0.2, 0.25) is 0 Å². The summed E-state index contributed by atoms with van der Waals surface area (Å²) in [6.45, 7) is 11.4. The minimum Gasteiger partial charge on any atom is -0.492 e. The summed E-state index contributed by atoms with van der Waals surface area (Å²) in [4.78, 5) is 32.5. The first-order valence-electron chi connectivity index (χ1n) is 12.8. The fourth-order valence-corrected chi connectivity index (χ4v) is 5.64. The zero-order chi connectivity index (χ0) is 25.2. The van der Waals surface area contributed by atoms with Gasteiger partial charge < -0.3 is 9.30 Å². The highest BCUT2D eigenvalue weighted by Crippen LogP contribution is 2.48. The van der Waals surface area contributed by atoms with Gasteiger partial charge in [-0.15, -0.1) is 0 Å². The van der Waals surface area contributed by atoms with Crippen LogP contribution >= 0.6 is 0 Å². The summed E-state index contributed by atoms with van der Waals surface area (Å²) in [7, 11) is 1.70. The zero-order valence-electron chi connectivity index (χ0n) is 21.6. The van der Waals surface area contributed by atoms with Crippen molar-refractivity contribution in [1.29, 1.82) is 0 Å². The van der Waals surface area contributed by atoms with Gasteiger partial charge in [-0.25, -0.2) is 4.98 Å². The summed E-state index contributed by atoms with van der Waals surface area (Å²) < 4.78 is 7.45. The number of rotatable bonds is 4. The molecule has 1 aliphatic heterocycles. The van der Waals surface area contributed by atoms with Crippen molar-refractivity contribution in [3.63, 3.8) is 0 Å². The Labute approximate surface area is 207 Å². The molecule has 6 heteroatoms. The van der Waals surface area contributed by atoms with E-state index in [0.717, 1.165) is 32.5 Å². The van der Waals surface area contributed by atoms with Gasteiger partial charge in [0.1, 0.15) is 18.1 Å². The van der Waals surface area contributed by atoms with Crippen LogP contribution in [0.25, 0.3) is 10.9 Å². The van der Waals surface area contributed by atoms with E-state index in [1.54, 1.807) is 13.1 Å². The number of nitrogens with zero attached hydrogens (tertiary/aromatic N) is 3. The van der Waals surface area contributed by atoms with Gasteiger partial charge in [0.15, 0.2) is 0 Å². The third-order valence-corrected chi connectivity index (χ3v) is 7.88. The molecule has 1 fully saturated rings. The molecule has 2 aromatic carbocycles. The Hall–Kier alpha value is -2.99. The molecule has 2 aliphatic rings. The predicted molar refractivity (Wildman–Crippen MR) is 140 cm³/mol. The number of Topliss-reactive ketones (excluding diaryl/α,β-unsaturated/α-hetero) is 1. The van der Waals surface area contributed by atoms with E-state index in [4.69, 9.17) is 4.74 Å². The van der Waals surface area contributed by atoms with Crippen LogP contribution in [0.5, 0.6) is 5.75 Å². The maximum absolute atomic E-state index is 13.5. The number of carbonyl (C=O) groups is 1. The number of hydrogen-bond donors (Lipinski definition) is 0. The number of ether oxygens (including phenoxy) is 1. The molecule has 0 radical (unpaired) electrons. The molecule has 2 unspecified atom stereocenters. The van der Waals surface area contributed by atoms with E-state index in [1.165, 1.54) is 22.0 Å².